The molecular formula is C27H42N6O. The number of fused-ring (bicyclic) bond motifs is 1. The highest BCUT2D eigenvalue weighted by molar-refractivity contribution is 5.49. The van der Waals surface area contributed by atoms with E-state index in [9.17, 15) is 5.11 Å². The maximum Gasteiger partial charge on any atom is 0.111 e. The normalized spacial score (nSPS) is 16.4. The van der Waals surface area contributed by atoms with Crippen LogP contribution >= 0.6 is 0 Å². The van der Waals surface area contributed by atoms with Crippen molar-refractivity contribution in [3.8, 4) is 0 Å². The molecule has 1 aliphatic carbocycles. The molecule has 0 fully saturated rings. The van der Waals surface area contributed by atoms with Gasteiger partial charge < -0.3 is 15.3 Å². The average molecular weight is 467 g/mol. The molecule has 2 aromatic rings. The molecule has 186 valence electrons. The van der Waals surface area contributed by atoms with Gasteiger partial charge in [0.25, 0.3) is 0 Å². The second-order valence-electron chi connectivity index (χ2n) is 9.38. The second kappa shape index (κ2) is 12.3. The highest BCUT2D eigenvalue weighted by Gasteiger charge is 2.30. The van der Waals surface area contributed by atoms with Gasteiger partial charge in [0.05, 0.1) is 29.7 Å². The Labute approximate surface area is 205 Å². The van der Waals surface area contributed by atoms with Crippen molar-refractivity contribution >= 4 is 5.82 Å². The number of imidazole rings is 1. The quantitative estimate of drug-likeness (QED) is 0.463. The van der Waals surface area contributed by atoms with E-state index in [-0.39, 0.29) is 12.6 Å². The molecular weight excluding hydrogens is 424 g/mol. The van der Waals surface area contributed by atoms with Crippen LogP contribution in [0.4, 0.5) is 0 Å². The van der Waals surface area contributed by atoms with Gasteiger partial charge in [-0.2, -0.15) is 0 Å². The van der Waals surface area contributed by atoms with Crippen LogP contribution in [0.25, 0.3) is 5.82 Å². The molecule has 2 N–H and O–H groups in total. The van der Waals surface area contributed by atoms with Crippen molar-refractivity contribution in [2.45, 2.75) is 72.2 Å². The number of allylic oxidation sites excluding steroid dienone is 2. The molecule has 0 aromatic carbocycles. The zero-order chi connectivity index (χ0) is 24.7. The van der Waals surface area contributed by atoms with Crippen molar-refractivity contribution in [3.05, 3.63) is 65.5 Å². The van der Waals surface area contributed by atoms with Gasteiger partial charge in [-0.3, -0.25) is 14.5 Å². The van der Waals surface area contributed by atoms with Gasteiger partial charge in [0.15, 0.2) is 0 Å². The first-order valence-electron chi connectivity index (χ1n) is 12.5. The molecule has 0 bridgehead atoms. The molecule has 1 aliphatic rings. The minimum Gasteiger partial charge on any atom is -0.390 e. The highest BCUT2D eigenvalue weighted by Crippen LogP contribution is 2.35. The molecule has 0 amide bonds. The summed E-state index contributed by atoms with van der Waals surface area (Å²) in [5.74, 6) is 1.75. The van der Waals surface area contributed by atoms with Crippen LogP contribution in [0.2, 0.25) is 0 Å². The lowest BCUT2D eigenvalue weighted by Crippen LogP contribution is -2.37. The Bertz CT molecular complexity index is 979. The Morgan fingerprint density at radius 3 is 2.88 bits per heavy atom. The number of aliphatic hydroxyl groups is 1. The van der Waals surface area contributed by atoms with E-state index < -0.39 is 0 Å². The van der Waals surface area contributed by atoms with Gasteiger partial charge in [-0.25, -0.2) is 4.98 Å². The van der Waals surface area contributed by atoms with Crippen LogP contribution < -0.4 is 5.32 Å². The average Bonchev–Trinajstić information content (AvgIpc) is 3.15. The number of hydrogen-bond donors (Lipinski definition) is 2. The number of pyridine rings is 1. The number of aliphatic hydroxyl groups excluding tert-OH is 1. The number of hydrogen-bond acceptors (Lipinski definition) is 6. The molecule has 0 saturated carbocycles. The summed E-state index contributed by atoms with van der Waals surface area (Å²) in [7, 11) is 2.11. The van der Waals surface area contributed by atoms with Crippen LogP contribution in [0, 0.1) is 6.92 Å². The number of rotatable bonds is 12. The van der Waals surface area contributed by atoms with E-state index in [1.807, 2.05) is 29.8 Å². The summed E-state index contributed by atoms with van der Waals surface area (Å²) < 4.78 is 2.04. The maximum absolute atomic E-state index is 10.4. The van der Waals surface area contributed by atoms with Crippen molar-refractivity contribution in [3.63, 3.8) is 0 Å². The largest absolute Gasteiger partial charge is 0.390 e. The van der Waals surface area contributed by atoms with E-state index in [1.54, 1.807) is 6.08 Å². The number of aryl methyl sites for hydroxylation is 2. The third-order valence-corrected chi connectivity index (χ3v) is 6.79. The van der Waals surface area contributed by atoms with E-state index >= 15 is 0 Å². The van der Waals surface area contributed by atoms with Crippen molar-refractivity contribution in [1.29, 1.82) is 0 Å². The summed E-state index contributed by atoms with van der Waals surface area (Å²) in [5.41, 5.74) is 4.29. The number of likely N-dealkylation sites (N-methyl/N-ethyl adjacent to an activating group) is 1. The zero-order valence-electron chi connectivity index (χ0n) is 21.6. The van der Waals surface area contributed by atoms with Crippen LogP contribution in [0.5, 0.6) is 0 Å². The predicted octanol–water partition coefficient (Wildman–Crippen LogP) is 3.89. The van der Waals surface area contributed by atoms with Gasteiger partial charge in [0.1, 0.15) is 11.6 Å². The van der Waals surface area contributed by atoms with Crippen LogP contribution in [-0.2, 0) is 19.6 Å². The third-order valence-electron chi connectivity index (χ3n) is 6.79. The number of nitrogens with one attached hydrogen (secondary N) is 1. The van der Waals surface area contributed by atoms with Gasteiger partial charge in [-0.05, 0) is 71.3 Å². The minimum absolute atomic E-state index is 0.0767. The summed E-state index contributed by atoms with van der Waals surface area (Å²) in [6.45, 7) is 15.8. The van der Waals surface area contributed by atoms with E-state index in [1.165, 1.54) is 11.3 Å². The van der Waals surface area contributed by atoms with Crippen LogP contribution in [-0.4, -0.2) is 62.2 Å². The number of aromatic nitrogens is 3. The van der Waals surface area contributed by atoms with Crippen LogP contribution in [0.1, 0.15) is 68.1 Å². The first kappa shape index (κ1) is 26.1. The van der Waals surface area contributed by atoms with Crippen molar-refractivity contribution < 1.29 is 5.11 Å². The fraction of sp³-hybridized carbons (Fsp3) is 0.556. The van der Waals surface area contributed by atoms with Crippen molar-refractivity contribution in [1.82, 2.24) is 29.7 Å². The lowest BCUT2D eigenvalue weighted by atomic mass is 9.90. The fourth-order valence-electron chi connectivity index (χ4n) is 4.83. The summed E-state index contributed by atoms with van der Waals surface area (Å²) in [6.07, 6.45) is 8.97. The first-order chi connectivity index (χ1) is 16.4. The van der Waals surface area contributed by atoms with E-state index in [0.717, 1.165) is 61.9 Å². The summed E-state index contributed by atoms with van der Waals surface area (Å²) in [6, 6.07) is 4.82. The second-order valence-corrected chi connectivity index (χ2v) is 9.38. The minimum atomic E-state index is -0.0767. The monoisotopic (exact) mass is 466 g/mol. The first-order valence-corrected chi connectivity index (χ1v) is 12.5. The standard InChI is InChI=1S/C27H42N6O/c1-7-11-26(28-16-17-31(6)8-2)33-21(5)30-23(25(33)19-34)18-32(20(3)4)24-14-9-12-22-13-10-15-29-27(22)24/h7,10-11,13,15,20,24,28,34H,1,8-9,12,14,16-19H2,2-6H3/b26-11-/t24-/m0/s1. The van der Waals surface area contributed by atoms with Gasteiger partial charge in [-0.15, -0.1) is 0 Å². The van der Waals surface area contributed by atoms with Crippen LogP contribution in [0.3, 0.4) is 0 Å². The van der Waals surface area contributed by atoms with Crippen LogP contribution in [0.15, 0.2) is 37.1 Å². The topological polar surface area (TPSA) is 69.5 Å². The number of nitrogens with zero attached hydrogens (tertiary/aromatic N) is 5. The van der Waals surface area contributed by atoms with Gasteiger partial charge in [0.2, 0.25) is 0 Å². The molecule has 3 rings (SSSR count). The molecule has 0 radical (unpaired) electrons. The lowest BCUT2D eigenvalue weighted by molar-refractivity contribution is 0.123. The van der Waals surface area contributed by atoms with Gasteiger partial charge in [0, 0.05) is 31.9 Å². The van der Waals surface area contributed by atoms with E-state index in [0.29, 0.717) is 12.6 Å². The predicted molar refractivity (Wildman–Crippen MR) is 139 cm³/mol. The van der Waals surface area contributed by atoms with Crippen molar-refractivity contribution in [2.75, 3.05) is 26.7 Å². The summed E-state index contributed by atoms with van der Waals surface area (Å²) in [5, 5.41) is 13.9. The van der Waals surface area contributed by atoms with E-state index in [4.69, 9.17) is 9.97 Å². The Balaban J connectivity index is 1.90. The summed E-state index contributed by atoms with van der Waals surface area (Å²) in [4.78, 5) is 14.4. The molecule has 7 nitrogen and oxygen atoms in total. The Morgan fingerprint density at radius 1 is 1.41 bits per heavy atom. The summed E-state index contributed by atoms with van der Waals surface area (Å²) >= 11 is 0. The Kier molecular flexibility index (Phi) is 9.45. The molecule has 34 heavy (non-hydrogen) atoms. The molecule has 0 saturated heterocycles. The molecule has 0 aliphatic heterocycles. The Morgan fingerprint density at radius 2 is 2.21 bits per heavy atom. The molecule has 1 atom stereocenters. The maximum atomic E-state index is 10.4. The Hall–Kier alpha value is -2.48. The lowest BCUT2D eigenvalue weighted by Gasteiger charge is -2.37. The fourth-order valence-corrected chi connectivity index (χ4v) is 4.83. The molecule has 0 spiro atoms. The highest BCUT2D eigenvalue weighted by atomic mass is 16.3. The van der Waals surface area contributed by atoms with Crippen molar-refractivity contribution in [2.24, 2.45) is 0 Å². The van der Waals surface area contributed by atoms with Gasteiger partial charge >= 0.3 is 0 Å². The molecule has 2 aromatic heterocycles. The SMILES string of the molecule is C=C/C=C(/NCCN(C)CC)n1c(C)nc(CN(C(C)C)[C@H]2CCCc3cccnc32)c1CO. The smallest absolute Gasteiger partial charge is 0.111 e. The van der Waals surface area contributed by atoms with E-state index in [2.05, 4.69) is 55.6 Å². The van der Waals surface area contributed by atoms with Gasteiger partial charge in [-0.1, -0.05) is 25.6 Å². The molecule has 0 unspecified atom stereocenters. The zero-order valence-corrected chi connectivity index (χ0v) is 21.6. The molecule has 2 heterocycles. The molecule has 7 heteroatoms. The third kappa shape index (κ3) is 5.95.